The van der Waals surface area contributed by atoms with Gasteiger partial charge in [0.1, 0.15) is 0 Å². The Kier molecular flexibility index (Phi) is 2.82. The summed E-state index contributed by atoms with van der Waals surface area (Å²) in [6.07, 6.45) is 1.36. The molecule has 0 spiro atoms. The maximum atomic E-state index is 11.7. The number of nitrogens with zero attached hydrogens (tertiary/aromatic N) is 1. The van der Waals surface area contributed by atoms with E-state index in [-0.39, 0.29) is 18.0 Å². The highest BCUT2D eigenvalue weighted by molar-refractivity contribution is 5.98. The van der Waals surface area contributed by atoms with Crippen molar-refractivity contribution in [2.45, 2.75) is 13.3 Å². The highest BCUT2D eigenvalue weighted by Crippen LogP contribution is 2.18. The minimum Gasteiger partial charge on any atom is -0.543 e. The number of hydrazine groups is 1. The molecule has 1 aromatic rings. The van der Waals surface area contributed by atoms with Crippen molar-refractivity contribution in [1.29, 1.82) is 0 Å². The lowest BCUT2D eigenvalue weighted by molar-refractivity contribution is -0.299. The molecule has 0 aliphatic carbocycles. The Hall–Kier alpha value is -2.30. The summed E-state index contributed by atoms with van der Waals surface area (Å²) in [7, 11) is 0. The predicted octanol–water partition coefficient (Wildman–Crippen LogP) is -0.130. The Morgan fingerprint density at radius 2 is 2.24 bits per heavy atom. The summed E-state index contributed by atoms with van der Waals surface area (Å²) in [6, 6.07) is 7.23. The molecule has 1 N–H and O–H groups in total. The SMILES string of the molecule is Cc1cccc(N2NC(C(=O)[O-])=CCC2=O)c1. The number of aryl methyl sites for hydroxylation is 1. The van der Waals surface area contributed by atoms with Crippen LogP contribution in [0.25, 0.3) is 0 Å². The molecular formula is C12H11N2O3-. The van der Waals surface area contributed by atoms with E-state index in [1.807, 2.05) is 13.0 Å². The van der Waals surface area contributed by atoms with Gasteiger partial charge in [-0.25, -0.2) is 5.01 Å². The van der Waals surface area contributed by atoms with Crippen LogP contribution in [0.3, 0.4) is 0 Å². The first kappa shape index (κ1) is 11.2. The number of amides is 1. The largest absolute Gasteiger partial charge is 0.543 e. The molecule has 0 fully saturated rings. The minimum atomic E-state index is -1.32. The number of carboxylic acid groups (broad SMARTS) is 1. The second-order valence-electron chi connectivity index (χ2n) is 3.79. The average molecular weight is 231 g/mol. The molecule has 5 nitrogen and oxygen atoms in total. The molecule has 0 unspecified atom stereocenters. The zero-order valence-electron chi connectivity index (χ0n) is 9.27. The van der Waals surface area contributed by atoms with Crippen LogP contribution >= 0.6 is 0 Å². The van der Waals surface area contributed by atoms with Crippen molar-refractivity contribution in [1.82, 2.24) is 5.43 Å². The lowest BCUT2D eigenvalue weighted by Gasteiger charge is -2.29. The van der Waals surface area contributed by atoms with Crippen LogP contribution in [-0.4, -0.2) is 11.9 Å². The molecule has 1 heterocycles. The predicted molar refractivity (Wildman–Crippen MR) is 59.5 cm³/mol. The van der Waals surface area contributed by atoms with Gasteiger partial charge in [-0.1, -0.05) is 12.1 Å². The molecule has 1 aliphatic rings. The number of anilines is 1. The number of benzene rings is 1. The van der Waals surface area contributed by atoms with Gasteiger partial charge in [-0.15, -0.1) is 0 Å². The summed E-state index contributed by atoms with van der Waals surface area (Å²) in [5.74, 6) is -1.53. The topological polar surface area (TPSA) is 72.5 Å². The minimum absolute atomic E-state index is 0.0459. The number of hydrogen-bond acceptors (Lipinski definition) is 4. The van der Waals surface area contributed by atoms with Crippen molar-refractivity contribution in [2.75, 3.05) is 5.01 Å². The van der Waals surface area contributed by atoms with E-state index >= 15 is 0 Å². The summed E-state index contributed by atoms with van der Waals surface area (Å²) in [4.78, 5) is 22.4. The molecule has 0 atom stereocenters. The highest BCUT2D eigenvalue weighted by Gasteiger charge is 2.20. The fourth-order valence-corrected chi connectivity index (χ4v) is 1.61. The van der Waals surface area contributed by atoms with Crippen LogP contribution in [0.2, 0.25) is 0 Å². The van der Waals surface area contributed by atoms with Crippen LogP contribution in [0.4, 0.5) is 5.69 Å². The molecule has 1 aromatic carbocycles. The first-order valence-corrected chi connectivity index (χ1v) is 5.16. The molecule has 0 saturated heterocycles. The number of carbonyl (C=O) groups is 2. The molecule has 1 aliphatic heterocycles. The Bertz CT molecular complexity index is 508. The monoisotopic (exact) mass is 231 g/mol. The molecule has 17 heavy (non-hydrogen) atoms. The molecule has 0 aromatic heterocycles. The summed E-state index contributed by atoms with van der Waals surface area (Å²) in [6.45, 7) is 1.90. The van der Waals surface area contributed by atoms with Gasteiger partial charge in [0.25, 0.3) is 0 Å². The van der Waals surface area contributed by atoms with Crippen molar-refractivity contribution in [3.63, 3.8) is 0 Å². The zero-order chi connectivity index (χ0) is 12.4. The van der Waals surface area contributed by atoms with Crippen LogP contribution in [0, 0.1) is 6.92 Å². The van der Waals surface area contributed by atoms with Crippen molar-refractivity contribution in [2.24, 2.45) is 0 Å². The number of carbonyl (C=O) groups excluding carboxylic acids is 2. The second kappa shape index (κ2) is 4.29. The fraction of sp³-hybridized carbons (Fsp3) is 0.167. The van der Waals surface area contributed by atoms with E-state index < -0.39 is 5.97 Å². The van der Waals surface area contributed by atoms with E-state index in [9.17, 15) is 14.7 Å². The van der Waals surface area contributed by atoms with Crippen LogP contribution in [-0.2, 0) is 9.59 Å². The number of nitrogens with one attached hydrogen (secondary N) is 1. The van der Waals surface area contributed by atoms with Gasteiger partial charge in [0.15, 0.2) is 0 Å². The number of hydrogen-bond donors (Lipinski definition) is 1. The summed E-state index contributed by atoms with van der Waals surface area (Å²) < 4.78 is 0. The van der Waals surface area contributed by atoms with Gasteiger partial charge in [-0.3, -0.25) is 10.2 Å². The van der Waals surface area contributed by atoms with E-state index in [0.717, 1.165) is 5.56 Å². The standard InChI is InChI=1S/C12H12N2O3/c1-8-3-2-4-9(7-8)14-11(15)6-5-10(13-14)12(16)17/h2-5,7,13H,6H2,1H3,(H,16,17)/p-1. The van der Waals surface area contributed by atoms with Gasteiger partial charge in [-0.05, 0) is 30.7 Å². The maximum Gasteiger partial charge on any atom is 0.249 e. The van der Waals surface area contributed by atoms with Crippen molar-refractivity contribution < 1.29 is 14.7 Å². The van der Waals surface area contributed by atoms with Crippen LogP contribution in [0.15, 0.2) is 36.0 Å². The van der Waals surface area contributed by atoms with Gasteiger partial charge in [0, 0.05) is 6.42 Å². The Morgan fingerprint density at radius 3 is 2.88 bits per heavy atom. The van der Waals surface area contributed by atoms with Crippen LogP contribution in [0.5, 0.6) is 0 Å². The lowest BCUT2D eigenvalue weighted by Crippen LogP contribution is -2.49. The fourth-order valence-electron chi connectivity index (χ4n) is 1.61. The van der Waals surface area contributed by atoms with Gasteiger partial charge in [-0.2, -0.15) is 0 Å². The van der Waals surface area contributed by atoms with Crippen molar-refractivity contribution in [3.8, 4) is 0 Å². The number of carboxylic acids is 1. The van der Waals surface area contributed by atoms with Crippen molar-refractivity contribution >= 4 is 17.6 Å². The van der Waals surface area contributed by atoms with E-state index in [4.69, 9.17) is 0 Å². The first-order chi connectivity index (χ1) is 8.08. The van der Waals surface area contributed by atoms with Crippen LogP contribution < -0.4 is 15.5 Å². The van der Waals surface area contributed by atoms with E-state index in [2.05, 4.69) is 5.43 Å². The third-order valence-corrected chi connectivity index (χ3v) is 2.44. The van der Waals surface area contributed by atoms with E-state index in [0.29, 0.717) is 5.69 Å². The van der Waals surface area contributed by atoms with Gasteiger partial charge >= 0.3 is 0 Å². The van der Waals surface area contributed by atoms with Gasteiger partial charge in [0.05, 0.1) is 17.4 Å². The molecule has 5 heteroatoms. The Morgan fingerprint density at radius 1 is 1.47 bits per heavy atom. The molecule has 0 radical (unpaired) electrons. The smallest absolute Gasteiger partial charge is 0.249 e. The number of aliphatic carboxylic acids is 1. The molecule has 2 rings (SSSR count). The summed E-state index contributed by atoms with van der Waals surface area (Å²) in [5, 5.41) is 11.9. The van der Waals surface area contributed by atoms with Gasteiger partial charge < -0.3 is 9.90 Å². The maximum absolute atomic E-state index is 11.7. The summed E-state index contributed by atoms with van der Waals surface area (Å²) >= 11 is 0. The molecule has 1 amide bonds. The van der Waals surface area contributed by atoms with Gasteiger partial charge in [0.2, 0.25) is 5.91 Å². The molecular weight excluding hydrogens is 220 g/mol. The third-order valence-electron chi connectivity index (χ3n) is 2.44. The van der Waals surface area contributed by atoms with E-state index in [1.165, 1.54) is 11.1 Å². The average Bonchev–Trinajstić information content (AvgIpc) is 2.29. The first-order valence-electron chi connectivity index (χ1n) is 5.16. The number of rotatable bonds is 2. The van der Waals surface area contributed by atoms with Crippen molar-refractivity contribution in [3.05, 3.63) is 41.6 Å². The van der Waals surface area contributed by atoms with Crippen LogP contribution in [0.1, 0.15) is 12.0 Å². The zero-order valence-corrected chi connectivity index (χ0v) is 9.27. The second-order valence-corrected chi connectivity index (χ2v) is 3.79. The molecule has 0 bridgehead atoms. The Labute approximate surface area is 98.3 Å². The quantitative estimate of drug-likeness (QED) is 0.769. The summed E-state index contributed by atoms with van der Waals surface area (Å²) in [5.41, 5.74) is 4.04. The molecule has 0 saturated carbocycles. The van der Waals surface area contributed by atoms with E-state index in [1.54, 1.807) is 18.2 Å². The molecule has 88 valence electrons. The Balaban J connectivity index is 2.30. The lowest BCUT2D eigenvalue weighted by atomic mass is 10.2. The highest BCUT2D eigenvalue weighted by atomic mass is 16.4. The third kappa shape index (κ3) is 2.28. The normalized spacial score (nSPS) is 15.2.